The highest BCUT2D eigenvalue weighted by molar-refractivity contribution is 5.69. The Balaban J connectivity index is 2.24. The van der Waals surface area contributed by atoms with Gasteiger partial charge in [0.15, 0.2) is 6.29 Å². The van der Waals surface area contributed by atoms with E-state index in [1.165, 1.54) is 135 Å². The van der Waals surface area contributed by atoms with E-state index in [0.29, 0.717) is 13.0 Å². The molecule has 0 radical (unpaired) electrons. The van der Waals surface area contributed by atoms with Gasteiger partial charge >= 0.3 is 5.97 Å². The van der Waals surface area contributed by atoms with Crippen molar-refractivity contribution in [3.8, 4) is 0 Å². The van der Waals surface area contributed by atoms with Gasteiger partial charge in [-0.25, -0.2) is 0 Å². The molecule has 6 atom stereocenters. The zero-order valence-electron chi connectivity index (χ0n) is 31.7. The third kappa shape index (κ3) is 24.9. The molecule has 49 heavy (non-hydrogen) atoms. The predicted molar refractivity (Wildman–Crippen MR) is 196 cm³/mol. The predicted octanol–water partition coefficient (Wildman–Crippen LogP) is 8.30. The molecule has 1 saturated heterocycles. The Labute approximate surface area is 300 Å². The average molecular weight is 703 g/mol. The molecule has 0 spiro atoms. The highest BCUT2D eigenvalue weighted by Crippen LogP contribution is 2.22. The first kappa shape index (κ1) is 46.2. The number of hydrogen-bond donors (Lipinski definition) is 4. The zero-order valence-corrected chi connectivity index (χ0v) is 31.7. The van der Waals surface area contributed by atoms with E-state index in [4.69, 9.17) is 18.9 Å². The Kier molecular flexibility index (Phi) is 31.2. The Morgan fingerprint density at radius 3 is 1.45 bits per heavy atom. The summed E-state index contributed by atoms with van der Waals surface area (Å²) >= 11 is 0. The number of rotatable bonds is 35. The van der Waals surface area contributed by atoms with Crippen molar-refractivity contribution in [3.63, 3.8) is 0 Å². The normalized spacial score (nSPS) is 21.6. The van der Waals surface area contributed by atoms with Gasteiger partial charge in [0.05, 0.1) is 19.8 Å². The van der Waals surface area contributed by atoms with E-state index in [1.54, 1.807) is 0 Å². The molecule has 9 nitrogen and oxygen atoms in total. The van der Waals surface area contributed by atoms with Gasteiger partial charge in [0.1, 0.15) is 30.5 Å². The standard InChI is InChI=1S/C40H78O9/c1-3-5-7-9-11-13-14-15-16-17-18-19-20-22-24-26-28-30-46-32-34(33-47-40-39(45)38(44)37(43)35(31-41)49-40)48-36(42)29-27-25-23-21-12-10-8-6-4-2/h34-35,37-41,43-45H,3-33H2,1-2H3. The molecule has 0 bridgehead atoms. The molecular weight excluding hydrogens is 624 g/mol. The van der Waals surface area contributed by atoms with Gasteiger partial charge in [-0.05, 0) is 12.8 Å². The molecule has 6 unspecified atom stereocenters. The van der Waals surface area contributed by atoms with Gasteiger partial charge in [-0.3, -0.25) is 4.79 Å². The molecule has 0 amide bonds. The lowest BCUT2D eigenvalue weighted by Gasteiger charge is -2.39. The minimum absolute atomic E-state index is 0.106. The van der Waals surface area contributed by atoms with Crippen LogP contribution in [0.4, 0.5) is 0 Å². The van der Waals surface area contributed by atoms with Gasteiger partial charge in [-0.15, -0.1) is 0 Å². The summed E-state index contributed by atoms with van der Waals surface area (Å²) in [6, 6.07) is 0. The van der Waals surface area contributed by atoms with Crippen LogP contribution in [0.25, 0.3) is 0 Å². The summed E-state index contributed by atoms with van der Waals surface area (Å²) in [5.41, 5.74) is 0. The molecule has 1 rings (SSSR count). The van der Waals surface area contributed by atoms with Crippen LogP contribution in [0, 0.1) is 0 Å². The van der Waals surface area contributed by atoms with Crippen molar-refractivity contribution >= 4 is 5.97 Å². The van der Waals surface area contributed by atoms with Gasteiger partial charge in [0.2, 0.25) is 0 Å². The van der Waals surface area contributed by atoms with Crippen molar-refractivity contribution in [2.75, 3.05) is 26.4 Å². The lowest BCUT2D eigenvalue weighted by atomic mass is 9.99. The van der Waals surface area contributed by atoms with E-state index < -0.39 is 43.4 Å². The SMILES string of the molecule is CCCCCCCCCCCCCCCCCCCOCC(COC1OC(CO)C(O)C(O)C1O)OC(=O)CCCCCCCCCCC. The van der Waals surface area contributed by atoms with Crippen LogP contribution in [0.5, 0.6) is 0 Å². The van der Waals surface area contributed by atoms with Crippen LogP contribution < -0.4 is 0 Å². The van der Waals surface area contributed by atoms with Crippen molar-refractivity contribution in [1.82, 2.24) is 0 Å². The van der Waals surface area contributed by atoms with E-state index in [-0.39, 0.29) is 19.2 Å². The highest BCUT2D eigenvalue weighted by atomic mass is 16.7. The van der Waals surface area contributed by atoms with Crippen molar-refractivity contribution < 1.29 is 44.2 Å². The Morgan fingerprint density at radius 1 is 0.571 bits per heavy atom. The molecule has 0 aromatic heterocycles. The van der Waals surface area contributed by atoms with Gasteiger partial charge < -0.3 is 39.4 Å². The fourth-order valence-electron chi connectivity index (χ4n) is 6.49. The van der Waals surface area contributed by atoms with Gasteiger partial charge in [0.25, 0.3) is 0 Å². The second kappa shape index (κ2) is 33.1. The van der Waals surface area contributed by atoms with Crippen LogP contribution in [0.15, 0.2) is 0 Å². The monoisotopic (exact) mass is 703 g/mol. The molecule has 1 heterocycles. The summed E-state index contributed by atoms with van der Waals surface area (Å²) in [5.74, 6) is -0.313. The van der Waals surface area contributed by atoms with Crippen molar-refractivity contribution in [3.05, 3.63) is 0 Å². The number of carbonyl (C=O) groups excluding carboxylic acids is 1. The Morgan fingerprint density at radius 2 is 1.00 bits per heavy atom. The van der Waals surface area contributed by atoms with Crippen LogP contribution in [0.1, 0.15) is 187 Å². The summed E-state index contributed by atoms with van der Waals surface area (Å²) in [6.07, 6.45) is 25.6. The molecule has 1 fully saturated rings. The van der Waals surface area contributed by atoms with Crippen molar-refractivity contribution in [1.29, 1.82) is 0 Å². The van der Waals surface area contributed by atoms with E-state index in [2.05, 4.69) is 13.8 Å². The van der Waals surface area contributed by atoms with Crippen LogP contribution in [-0.4, -0.2) is 89.6 Å². The number of esters is 1. The summed E-state index contributed by atoms with van der Waals surface area (Å²) in [4.78, 5) is 12.7. The fraction of sp³-hybridized carbons (Fsp3) is 0.975. The average Bonchev–Trinajstić information content (AvgIpc) is 3.10. The summed E-state index contributed by atoms with van der Waals surface area (Å²) < 4.78 is 22.7. The first-order valence-corrected chi connectivity index (χ1v) is 20.6. The van der Waals surface area contributed by atoms with Crippen LogP contribution in [0.3, 0.4) is 0 Å². The number of aliphatic hydroxyl groups is 4. The molecular formula is C40H78O9. The van der Waals surface area contributed by atoms with E-state index in [1.807, 2.05) is 0 Å². The number of carbonyl (C=O) groups is 1. The molecule has 0 saturated carbocycles. The minimum Gasteiger partial charge on any atom is -0.457 e. The summed E-state index contributed by atoms with van der Waals surface area (Å²) in [6.45, 7) is 4.56. The van der Waals surface area contributed by atoms with Gasteiger partial charge in [-0.1, -0.05) is 168 Å². The van der Waals surface area contributed by atoms with Gasteiger partial charge in [0, 0.05) is 13.0 Å². The van der Waals surface area contributed by atoms with Crippen molar-refractivity contribution in [2.24, 2.45) is 0 Å². The minimum atomic E-state index is -1.53. The Hall–Kier alpha value is -0.810. The molecule has 0 aromatic rings. The topological polar surface area (TPSA) is 135 Å². The zero-order chi connectivity index (χ0) is 35.8. The Bertz CT molecular complexity index is 722. The van der Waals surface area contributed by atoms with Crippen LogP contribution in [0.2, 0.25) is 0 Å². The molecule has 0 aliphatic carbocycles. The number of hydrogen-bond acceptors (Lipinski definition) is 9. The molecule has 292 valence electrons. The van der Waals surface area contributed by atoms with E-state index >= 15 is 0 Å². The molecule has 1 aliphatic rings. The highest BCUT2D eigenvalue weighted by Gasteiger charge is 2.44. The third-order valence-electron chi connectivity index (χ3n) is 9.77. The second-order valence-corrected chi connectivity index (χ2v) is 14.5. The summed E-state index contributed by atoms with van der Waals surface area (Å²) in [7, 11) is 0. The van der Waals surface area contributed by atoms with Gasteiger partial charge in [-0.2, -0.15) is 0 Å². The first-order chi connectivity index (χ1) is 23.9. The maximum absolute atomic E-state index is 12.7. The van der Waals surface area contributed by atoms with Crippen molar-refractivity contribution in [2.45, 2.75) is 224 Å². The largest absolute Gasteiger partial charge is 0.457 e. The smallest absolute Gasteiger partial charge is 0.306 e. The summed E-state index contributed by atoms with van der Waals surface area (Å²) in [5, 5.41) is 39.9. The number of ether oxygens (including phenoxy) is 4. The first-order valence-electron chi connectivity index (χ1n) is 20.6. The molecule has 1 aliphatic heterocycles. The van der Waals surface area contributed by atoms with Crippen LogP contribution in [-0.2, 0) is 23.7 Å². The molecule has 0 aromatic carbocycles. The van der Waals surface area contributed by atoms with Crippen LogP contribution >= 0.6 is 0 Å². The van der Waals surface area contributed by atoms with E-state index in [0.717, 1.165) is 32.1 Å². The maximum Gasteiger partial charge on any atom is 0.306 e. The molecule has 4 N–H and O–H groups in total. The number of unbranched alkanes of at least 4 members (excludes halogenated alkanes) is 24. The third-order valence-corrected chi connectivity index (χ3v) is 9.77. The molecule has 9 heteroatoms. The quantitative estimate of drug-likeness (QED) is 0.0380. The lowest BCUT2D eigenvalue weighted by molar-refractivity contribution is -0.305. The fourth-order valence-corrected chi connectivity index (χ4v) is 6.49. The van der Waals surface area contributed by atoms with E-state index in [9.17, 15) is 25.2 Å². The number of aliphatic hydroxyl groups excluding tert-OH is 4. The lowest BCUT2D eigenvalue weighted by Crippen LogP contribution is -2.59. The second-order valence-electron chi connectivity index (χ2n) is 14.5. The maximum atomic E-state index is 12.7.